The van der Waals surface area contributed by atoms with Crippen molar-refractivity contribution in [3.63, 3.8) is 0 Å². The third-order valence-corrected chi connectivity index (χ3v) is 2.80. The molecule has 1 fully saturated rings. The molecule has 1 saturated heterocycles. The predicted octanol–water partition coefficient (Wildman–Crippen LogP) is -1.06. The van der Waals surface area contributed by atoms with Crippen molar-refractivity contribution >= 4 is 17.2 Å². The molecule has 2 atom stereocenters. The van der Waals surface area contributed by atoms with Crippen LogP contribution >= 0.6 is 0 Å². The smallest absolute Gasteiger partial charge is 0.240 e. The fraction of sp³-hybridized carbons (Fsp3) is 0.833. The van der Waals surface area contributed by atoms with Crippen molar-refractivity contribution in [2.45, 2.75) is 12.5 Å². The van der Waals surface area contributed by atoms with Crippen molar-refractivity contribution < 1.29 is 13.6 Å². The second-order valence-corrected chi connectivity index (χ2v) is 3.84. The standard InChI is InChI=1S/C6H12N2O3S/c1-7-4-3-5(6(7)9)8(2)12(10)11/h5H,3-4H2,1-2H3,(H,10,11)/p-1/t5-/m0/s1. The summed E-state index contributed by atoms with van der Waals surface area (Å²) in [5, 5.41) is 0. The van der Waals surface area contributed by atoms with Crippen LogP contribution in [0, 0.1) is 0 Å². The second-order valence-electron chi connectivity index (χ2n) is 2.83. The van der Waals surface area contributed by atoms with Crippen molar-refractivity contribution in [2.24, 2.45) is 0 Å². The van der Waals surface area contributed by atoms with Gasteiger partial charge in [-0.15, -0.1) is 0 Å². The molecule has 0 bridgehead atoms. The average Bonchev–Trinajstić information content (AvgIpc) is 2.32. The van der Waals surface area contributed by atoms with E-state index in [1.54, 1.807) is 7.05 Å². The third-order valence-electron chi connectivity index (χ3n) is 2.07. The van der Waals surface area contributed by atoms with Crippen LogP contribution in [0.3, 0.4) is 0 Å². The molecule has 0 saturated carbocycles. The lowest BCUT2D eigenvalue weighted by Crippen LogP contribution is -2.39. The molecule has 0 aromatic carbocycles. The number of hydrogen-bond acceptors (Lipinski definition) is 3. The molecule has 1 unspecified atom stereocenters. The maximum absolute atomic E-state index is 11.3. The van der Waals surface area contributed by atoms with E-state index < -0.39 is 17.3 Å². The Labute approximate surface area is 73.8 Å². The zero-order valence-electron chi connectivity index (χ0n) is 7.02. The minimum atomic E-state index is -2.30. The summed E-state index contributed by atoms with van der Waals surface area (Å²) in [6, 6.07) is -0.492. The maximum atomic E-state index is 11.3. The van der Waals surface area contributed by atoms with E-state index in [1.165, 1.54) is 11.9 Å². The van der Waals surface area contributed by atoms with E-state index in [9.17, 15) is 13.6 Å². The molecular formula is C6H11N2O3S-. The molecule has 0 spiro atoms. The molecule has 1 amide bonds. The van der Waals surface area contributed by atoms with Crippen molar-refractivity contribution in [1.29, 1.82) is 0 Å². The average molecular weight is 191 g/mol. The Morgan fingerprint density at radius 2 is 2.33 bits per heavy atom. The number of carbonyl (C=O) groups excluding carboxylic acids is 1. The van der Waals surface area contributed by atoms with Gasteiger partial charge >= 0.3 is 0 Å². The molecule has 0 radical (unpaired) electrons. The van der Waals surface area contributed by atoms with Gasteiger partial charge in [-0.3, -0.25) is 9.00 Å². The van der Waals surface area contributed by atoms with E-state index in [1.807, 2.05) is 0 Å². The molecule has 70 valence electrons. The Bertz CT molecular complexity index is 221. The first-order chi connectivity index (χ1) is 5.54. The predicted molar refractivity (Wildman–Crippen MR) is 42.7 cm³/mol. The molecule has 0 aromatic rings. The maximum Gasteiger partial charge on any atom is 0.240 e. The van der Waals surface area contributed by atoms with Crippen molar-refractivity contribution in [1.82, 2.24) is 9.21 Å². The zero-order chi connectivity index (χ0) is 9.30. The zero-order valence-corrected chi connectivity index (χ0v) is 7.84. The van der Waals surface area contributed by atoms with Crippen molar-refractivity contribution in [3.05, 3.63) is 0 Å². The summed E-state index contributed by atoms with van der Waals surface area (Å²) in [4.78, 5) is 12.8. The summed E-state index contributed by atoms with van der Waals surface area (Å²) in [5.41, 5.74) is 0. The Morgan fingerprint density at radius 1 is 1.75 bits per heavy atom. The van der Waals surface area contributed by atoms with Crippen molar-refractivity contribution in [2.75, 3.05) is 20.6 Å². The lowest BCUT2D eigenvalue weighted by Gasteiger charge is -2.24. The van der Waals surface area contributed by atoms with Gasteiger partial charge in [0.15, 0.2) is 0 Å². The molecule has 0 aliphatic carbocycles. The molecule has 5 nitrogen and oxygen atoms in total. The van der Waals surface area contributed by atoms with Crippen LogP contribution in [0.15, 0.2) is 0 Å². The van der Waals surface area contributed by atoms with Crippen LogP contribution < -0.4 is 0 Å². The number of nitrogens with zero attached hydrogens (tertiary/aromatic N) is 2. The van der Waals surface area contributed by atoms with Crippen LogP contribution in [-0.4, -0.2) is 50.6 Å². The minimum absolute atomic E-state index is 0.123. The van der Waals surface area contributed by atoms with Gasteiger partial charge in [0, 0.05) is 24.9 Å². The highest BCUT2D eigenvalue weighted by Crippen LogP contribution is 2.14. The van der Waals surface area contributed by atoms with E-state index in [4.69, 9.17) is 0 Å². The van der Waals surface area contributed by atoms with E-state index in [2.05, 4.69) is 0 Å². The molecule has 1 rings (SSSR count). The van der Waals surface area contributed by atoms with E-state index in [-0.39, 0.29) is 5.91 Å². The number of hydrogen-bond donors (Lipinski definition) is 0. The molecule has 12 heavy (non-hydrogen) atoms. The van der Waals surface area contributed by atoms with Gasteiger partial charge < -0.3 is 9.45 Å². The van der Waals surface area contributed by atoms with Crippen LogP contribution in [0.4, 0.5) is 0 Å². The first kappa shape index (κ1) is 9.63. The van der Waals surface area contributed by atoms with E-state index >= 15 is 0 Å². The highest BCUT2D eigenvalue weighted by Gasteiger charge is 2.32. The number of likely N-dealkylation sites (tertiary alicyclic amines) is 1. The van der Waals surface area contributed by atoms with Gasteiger partial charge in [0.05, 0.1) is 0 Å². The first-order valence-electron chi connectivity index (χ1n) is 3.61. The number of amides is 1. The number of rotatable bonds is 2. The monoisotopic (exact) mass is 191 g/mol. The largest absolute Gasteiger partial charge is 0.760 e. The highest BCUT2D eigenvalue weighted by molar-refractivity contribution is 7.76. The van der Waals surface area contributed by atoms with Gasteiger partial charge in [-0.2, -0.15) is 0 Å². The second kappa shape index (κ2) is 3.51. The van der Waals surface area contributed by atoms with Gasteiger partial charge in [-0.25, -0.2) is 4.31 Å². The number of carbonyl (C=O) groups is 1. The summed E-state index contributed by atoms with van der Waals surface area (Å²) in [5.74, 6) is -0.123. The lowest BCUT2D eigenvalue weighted by atomic mass is 10.3. The highest BCUT2D eigenvalue weighted by atomic mass is 32.2. The normalized spacial score (nSPS) is 26.8. The first-order valence-corrected chi connectivity index (χ1v) is 4.64. The Kier molecular flexibility index (Phi) is 2.81. The molecule has 1 aliphatic heterocycles. The molecule has 6 heteroatoms. The van der Waals surface area contributed by atoms with Crippen molar-refractivity contribution in [3.8, 4) is 0 Å². The summed E-state index contributed by atoms with van der Waals surface area (Å²) >= 11 is -2.30. The fourth-order valence-electron chi connectivity index (χ4n) is 1.25. The summed E-state index contributed by atoms with van der Waals surface area (Å²) in [6.07, 6.45) is 0.583. The van der Waals surface area contributed by atoms with Gasteiger partial charge in [0.1, 0.15) is 6.04 Å². The Hall–Kier alpha value is -0.460. The van der Waals surface area contributed by atoms with Crippen LogP contribution in [0.5, 0.6) is 0 Å². The van der Waals surface area contributed by atoms with E-state index in [0.29, 0.717) is 13.0 Å². The quantitative estimate of drug-likeness (QED) is 0.523. The number of likely N-dealkylation sites (N-methyl/N-ethyl adjacent to an activating group) is 2. The van der Waals surface area contributed by atoms with Crippen LogP contribution in [0.2, 0.25) is 0 Å². The molecular weight excluding hydrogens is 180 g/mol. The Balaban J connectivity index is 2.65. The third kappa shape index (κ3) is 1.65. The van der Waals surface area contributed by atoms with E-state index in [0.717, 1.165) is 4.31 Å². The van der Waals surface area contributed by atoms with Crippen LogP contribution in [0.1, 0.15) is 6.42 Å². The van der Waals surface area contributed by atoms with Crippen LogP contribution in [0.25, 0.3) is 0 Å². The topological polar surface area (TPSA) is 63.7 Å². The summed E-state index contributed by atoms with van der Waals surface area (Å²) < 4.78 is 22.0. The summed E-state index contributed by atoms with van der Waals surface area (Å²) in [6.45, 7) is 0.630. The van der Waals surface area contributed by atoms with Gasteiger partial charge in [0.2, 0.25) is 5.91 Å². The van der Waals surface area contributed by atoms with Gasteiger partial charge in [-0.05, 0) is 13.5 Å². The minimum Gasteiger partial charge on any atom is -0.760 e. The SMILES string of the molecule is CN1CC[C@H](N(C)S(=O)[O-])C1=O. The molecule has 0 N–H and O–H groups in total. The molecule has 1 aliphatic rings. The Morgan fingerprint density at radius 3 is 2.67 bits per heavy atom. The molecule has 1 heterocycles. The van der Waals surface area contributed by atoms with Gasteiger partial charge in [-0.1, -0.05) is 0 Å². The molecule has 0 aromatic heterocycles. The fourth-order valence-corrected chi connectivity index (χ4v) is 1.65. The summed E-state index contributed by atoms with van der Waals surface area (Å²) in [7, 11) is 3.08. The lowest BCUT2D eigenvalue weighted by molar-refractivity contribution is -0.129. The van der Waals surface area contributed by atoms with Crippen LogP contribution in [-0.2, 0) is 16.1 Å². The van der Waals surface area contributed by atoms with Gasteiger partial charge in [0.25, 0.3) is 0 Å².